The molecule has 0 unspecified atom stereocenters. The van der Waals surface area contributed by atoms with Gasteiger partial charge in [0.2, 0.25) is 0 Å². The van der Waals surface area contributed by atoms with E-state index in [0.717, 1.165) is 0 Å². The zero-order chi connectivity index (χ0) is 7.82. The molecule has 3 radical (unpaired) electrons. The van der Waals surface area contributed by atoms with Crippen molar-refractivity contribution in [3.63, 3.8) is 0 Å². The second kappa shape index (κ2) is 6.95. The van der Waals surface area contributed by atoms with Gasteiger partial charge >= 0.3 is 0 Å². The molecule has 0 N–H and O–H groups in total. The van der Waals surface area contributed by atoms with E-state index in [9.17, 15) is 15.3 Å². The van der Waals surface area contributed by atoms with Crippen LogP contribution in [0.2, 0.25) is 0 Å². The molecule has 4 nitrogen and oxygen atoms in total. The average Bonchev–Trinajstić information content (AvgIpc) is 1.90. The van der Waals surface area contributed by atoms with E-state index in [1.807, 2.05) is 0 Å². The molecular weight excluding hydrogens is 134 g/mol. The first-order valence-electron chi connectivity index (χ1n) is 3.31. The summed E-state index contributed by atoms with van der Waals surface area (Å²) in [6.45, 7) is 0.263. The Balaban J connectivity index is 3.30. The van der Waals surface area contributed by atoms with Crippen molar-refractivity contribution in [1.29, 1.82) is 0 Å². The summed E-state index contributed by atoms with van der Waals surface area (Å²) in [5.41, 5.74) is 0. The molecule has 0 heterocycles. The molecule has 59 valence electrons. The first-order valence-corrected chi connectivity index (χ1v) is 3.31. The summed E-state index contributed by atoms with van der Waals surface area (Å²) in [4.78, 5) is 1.60. The van der Waals surface area contributed by atoms with Crippen LogP contribution in [-0.2, 0) is 15.3 Å². The van der Waals surface area contributed by atoms with Crippen LogP contribution in [-0.4, -0.2) is 44.4 Å². The minimum atomic E-state index is -0.236. The lowest BCUT2D eigenvalue weighted by Gasteiger charge is -2.16. The Hall–Kier alpha value is -0.160. The molecule has 0 aromatic carbocycles. The Kier molecular flexibility index (Phi) is 6.84. The van der Waals surface area contributed by atoms with E-state index in [4.69, 9.17) is 0 Å². The van der Waals surface area contributed by atoms with E-state index in [0.29, 0.717) is 19.6 Å². The van der Waals surface area contributed by atoms with Crippen molar-refractivity contribution < 1.29 is 15.3 Å². The monoisotopic (exact) mass is 146 g/mol. The molecule has 10 heavy (non-hydrogen) atoms. The maximum absolute atomic E-state index is 10.0. The van der Waals surface area contributed by atoms with E-state index in [1.165, 1.54) is 0 Å². The third-order valence-corrected chi connectivity index (χ3v) is 1.22. The van der Waals surface area contributed by atoms with Crippen LogP contribution >= 0.6 is 0 Å². The highest BCUT2D eigenvalue weighted by Gasteiger charge is 2.01. The molecule has 0 spiro atoms. The van der Waals surface area contributed by atoms with Gasteiger partial charge in [-0.1, -0.05) is 0 Å². The molecule has 4 heteroatoms. The van der Waals surface area contributed by atoms with Gasteiger partial charge in [0.15, 0.2) is 0 Å². The predicted octanol–water partition coefficient (Wildman–Crippen LogP) is -0.420. The maximum Gasteiger partial charge on any atom is 0.0949 e. The van der Waals surface area contributed by atoms with Crippen LogP contribution in [0, 0.1) is 0 Å². The Labute approximate surface area is 60.7 Å². The molecular formula is C6H12NO3. The largest absolute Gasteiger partial charge is 0.296 e. The molecule has 0 rings (SSSR count). The molecule has 0 aliphatic carbocycles. The smallest absolute Gasteiger partial charge is 0.0949 e. The molecule has 0 aromatic heterocycles. The van der Waals surface area contributed by atoms with Gasteiger partial charge in [-0.05, 0) is 0 Å². The molecule has 0 aliphatic rings. The molecule has 0 saturated heterocycles. The highest BCUT2D eigenvalue weighted by molar-refractivity contribution is 4.53. The summed E-state index contributed by atoms with van der Waals surface area (Å²) in [6.07, 6.45) is 0. The number of nitrogens with zero attached hydrogens (tertiary/aromatic N) is 1. The highest BCUT2D eigenvalue weighted by atomic mass is 16.3. The summed E-state index contributed by atoms with van der Waals surface area (Å²) >= 11 is 0. The van der Waals surface area contributed by atoms with Crippen molar-refractivity contribution in [2.75, 3.05) is 39.5 Å². The Morgan fingerprint density at radius 3 is 1.20 bits per heavy atom. The zero-order valence-corrected chi connectivity index (χ0v) is 5.91. The number of hydrogen-bond acceptors (Lipinski definition) is 1. The Morgan fingerprint density at radius 1 is 0.700 bits per heavy atom. The van der Waals surface area contributed by atoms with Crippen LogP contribution in [0.25, 0.3) is 0 Å². The summed E-state index contributed by atoms with van der Waals surface area (Å²) in [6, 6.07) is 0. The van der Waals surface area contributed by atoms with Crippen LogP contribution in [0.5, 0.6) is 0 Å². The number of rotatable bonds is 6. The molecule has 0 saturated carbocycles. The van der Waals surface area contributed by atoms with E-state index in [1.54, 1.807) is 4.90 Å². The second-order valence-corrected chi connectivity index (χ2v) is 1.95. The van der Waals surface area contributed by atoms with Gasteiger partial charge in [-0.15, -0.1) is 0 Å². The highest BCUT2D eigenvalue weighted by Crippen LogP contribution is 1.84. The molecule has 0 amide bonds. The van der Waals surface area contributed by atoms with Crippen LogP contribution in [0.1, 0.15) is 0 Å². The summed E-state index contributed by atoms with van der Waals surface area (Å²) < 4.78 is 0. The van der Waals surface area contributed by atoms with Crippen molar-refractivity contribution in [2.45, 2.75) is 0 Å². The minimum Gasteiger partial charge on any atom is -0.296 e. The van der Waals surface area contributed by atoms with Crippen LogP contribution < -0.4 is 0 Å². The molecule has 0 aliphatic heterocycles. The molecule has 0 bridgehead atoms. The maximum atomic E-state index is 10.0. The zero-order valence-electron chi connectivity index (χ0n) is 5.91. The van der Waals surface area contributed by atoms with E-state index in [2.05, 4.69) is 0 Å². The van der Waals surface area contributed by atoms with Gasteiger partial charge in [0.1, 0.15) is 0 Å². The van der Waals surface area contributed by atoms with Crippen molar-refractivity contribution in [3.8, 4) is 0 Å². The lowest BCUT2D eigenvalue weighted by Crippen LogP contribution is -2.31. The van der Waals surface area contributed by atoms with E-state index in [-0.39, 0.29) is 19.8 Å². The van der Waals surface area contributed by atoms with Crippen LogP contribution in [0.15, 0.2) is 0 Å². The number of hydrogen-bond donors (Lipinski definition) is 0. The first-order chi connectivity index (χ1) is 4.85. The minimum absolute atomic E-state index is 0.236. The lowest BCUT2D eigenvalue weighted by atomic mass is 10.4. The molecule has 0 atom stereocenters. The van der Waals surface area contributed by atoms with Gasteiger partial charge in [0.25, 0.3) is 0 Å². The van der Waals surface area contributed by atoms with Crippen molar-refractivity contribution in [3.05, 3.63) is 0 Å². The summed E-state index contributed by atoms with van der Waals surface area (Å²) in [7, 11) is 0. The van der Waals surface area contributed by atoms with Gasteiger partial charge < -0.3 is 0 Å². The third kappa shape index (κ3) is 4.69. The van der Waals surface area contributed by atoms with Gasteiger partial charge in [-0.3, -0.25) is 4.90 Å². The molecule has 0 aromatic rings. The van der Waals surface area contributed by atoms with Gasteiger partial charge in [-0.2, -0.15) is 0 Å². The van der Waals surface area contributed by atoms with Crippen LogP contribution in [0.4, 0.5) is 0 Å². The first kappa shape index (κ1) is 9.84. The van der Waals surface area contributed by atoms with Crippen molar-refractivity contribution in [2.24, 2.45) is 0 Å². The predicted molar refractivity (Wildman–Crippen MR) is 33.1 cm³/mol. The second-order valence-electron chi connectivity index (χ2n) is 1.95. The standard InChI is InChI=1S/C6H12NO3/c8-4-1-7(2-5-9)3-6-10/h1-6H2. The Morgan fingerprint density at radius 2 is 1.00 bits per heavy atom. The van der Waals surface area contributed by atoms with Crippen LogP contribution in [0.3, 0.4) is 0 Å². The lowest BCUT2D eigenvalue weighted by molar-refractivity contribution is 0.0795. The Bertz CT molecular complexity index is 55.7. The van der Waals surface area contributed by atoms with E-state index < -0.39 is 0 Å². The topological polar surface area (TPSA) is 62.9 Å². The van der Waals surface area contributed by atoms with Crippen molar-refractivity contribution >= 4 is 0 Å². The van der Waals surface area contributed by atoms with Gasteiger partial charge in [-0.25, -0.2) is 15.3 Å². The fourth-order valence-electron chi connectivity index (χ4n) is 0.723. The third-order valence-electron chi connectivity index (χ3n) is 1.22. The fraction of sp³-hybridized carbons (Fsp3) is 1.00. The van der Waals surface area contributed by atoms with E-state index >= 15 is 0 Å². The van der Waals surface area contributed by atoms with Crippen molar-refractivity contribution in [1.82, 2.24) is 4.90 Å². The molecule has 0 fully saturated rings. The van der Waals surface area contributed by atoms with Gasteiger partial charge in [0, 0.05) is 19.6 Å². The summed E-state index contributed by atoms with van der Waals surface area (Å²) in [5, 5.41) is 30.1. The normalized spacial score (nSPS) is 10.8. The van der Waals surface area contributed by atoms with Gasteiger partial charge in [0.05, 0.1) is 19.8 Å². The SMILES string of the molecule is [O]CCN(CC[O])CC[O]. The average molecular weight is 146 g/mol. The fourth-order valence-corrected chi connectivity index (χ4v) is 0.723. The quantitative estimate of drug-likeness (QED) is 0.502. The summed E-state index contributed by atoms with van der Waals surface area (Å²) in [5.74, 6) is 0.